The number of aryl methyl sites for hydroxylation is 1. The summed E-state index contributed by atoms with van der Waals surface area (Å²) < 4.78 is 27.3. The van der Waals surface area contributed by atoms with Crippen LogP contribution in [0, 0.1) is 0 Å². The molecule has 0 fully saturated rings. The van der Waals surface area contributed by atoms with Crippen molar-refractivity contribution in [3.63, 3.8) is 0 Å². The molecule has 0 aliphatic carbocycles. The van der Waals surface area contributed by atoms with E-state index in [0.717, 1.165) is 5.52 Å². The second kappa shape index (κ2) is 3.52. The van der Waals surface area contributed by atoms with Gasteiger partial charge in [0.15, 0.2) is 0 Å². The maximum absolute atomic E-state index is 12.8. The summed E-state index contributed by atoms with van der Waals surface area (Å²) in [7, 11) is 1.85. The van der Waals surface area contributed by atoms with Gasteiger partial charge in [-0.2, -0.15) is 0 Å². The van der Waals surface area contributed by atoms with E-state index in [2.05, 4.69) is 4.98 Å². The second-order valence-electron chi connectivity index (χ2n) is 4.14. The fraction of sp³-hybridized carbons (Fsp3) is 0.364. The van der Waals surface area contributed by atoms with Gasteiger partial charge in [-0.1, -0.05) is 6.07 Å². The van der Waals surface area contributed by atoms with Crippen LogP contribution in [0.4, 0.5) is 8.78 Å². The fourth-order valence-electron chi connectivity index (χ4n) is 1.60. The molecule has 1 aromatic heterocycles. The van der Waals surface area contributed by atoms with Gasteiger partial charge in [0.2, 0.25) is 0 Å². The van der Waals surface area contributed by atoms with Crippen molar-refractivity contribution in [2.75, 3.05) is 0 Å². The van der Waals surface area contributed by atoms with E-state index in [1.165, 1.54) is 6.92 Å². The lowest BCUT2D eigenvalue weighted by Gasteiger charge is -2.23. The quantitative estimate of drug-likeness (QED) is 0.849. The summed E-state index contributed by atoms with van der Waals surface area (Å²) in [6, 6.07) is 4.99. The van der Waals surface area contributed by atoms with Gasteiger partial charge in [0.1, 0.15) is 0 Å². The van der Waals surface area contributed by atoms with E-state index in [9.17, 15) is 8.78 Å². The number of benzene rings is 1. The minimum atomic E-state index is -2.60. The average Bonchev–Trinajstić information content (AvgIpc) is 2.60. The first-order valence-electron chi connectivity index (χ1n) is 4.91. The topological polar surface area (TPSA) is 43.8 Å². The van der Waals surface area contributed by atoms with Crippen LogP contribution in [-0.4, -0.2) is 16.0 Å². The van der Waals surface area contributed by atoms with E-state index in [1.54, 1.807) is 24.5 Å². The maximum atomic E-state index is 12.8. The van der Waals surface area contributed by atoms with Crippen LogP contribution in [-0.2, 0) is 12.6 Å². The second-order valence-corrected chi connectivity index (χ2v) is 4.14. The van der Waals surface area contributed by atoms with Gasteiger partial charge in [-0.05, 0) is 24.6 Å². The van der Waals surface area contributed by atoms with Crippen LogP contribution >= 0.6 is 0 Å². The van der Waals surface area contributed by atoms with Crippen LogP contribution in [0.1, 0.15) is 12.5 Å². The Morgan fingerprint density at radius 3 is 2.75 bits per heavy atom. The zero-order valence-corrected chi connectivity index (χ0v) is 9.11. The maximum Gasteiger partial charge on any atom is 0.260 e. The Bertz CT molecular complexity index is 517. The molecule has 0 saturated heterocycles. The molecule has 1 heterocycles. The lowest BCUT2D eigenvalue weighted by atomic mass is 9.93. The molecule has 1 unspecified atom stereocenters. The van der Waals surface area contributed by atoms with Gasteiger partial charge in [-0.3, -0.25) is 0 Å². The number of nitrogens with zero attached hydrogens (tertiary/aromatic N) is 2. The first kappa shape index (κ1) is 11.0. The predicted octanol–water partition coefficient (Wildman–Crippen LogP) is 2.01. The van der Waals surface area contributed by atoms with Crippen molar-refractivity contribution in [2.24, 2.45) is 12.8 Å². The Labute approximate surface area is 91.9 Å². The van der Waals surface area contributed by atoms with Crippen molar-refractivity contribution < 1.29 is 8.78 Å². The molecule has 0 aliphatic heterocycles. The zero-order chi connectivity index (χ0) is 11.9. The Morgan fingerprint density at radius 2 is 2.12 bits per heavy atom. The van der Waals surface area contributed by atoms with E-state index in [4.69, 9.17) is 5.73 Å². The van der Waals surface area contributed by atoms with Crippen molar-refractivity contribution in [3.8, 4) is 0 Å². The van der Waals surface area contributed by atoms with E-state index >= 15 is 0 Å². The molecule has 0 spiro atoms. The monoisotopic (exact) mass is 225 g/mol. The highest BCUT2D eigenvalue weighted by Gasteiger charge is 2.32. The minimum Gasteiger partial charge on any atom is -0.334 e. The largest absolute Gasteiger partial charge is 0.334 e. The predicted molar refractivity (Wildman–Crippen MR) is 58.3 cm³/mol. The first-order chi connectivity index (χ1) is 7.43. The Hall–Kier alpha value is -1.49. The summed E-state index contributed by atoms with van der Waals surface area (Å²) in [5, 5.41) is 0. The number of nitrogens with two attached hydrogens (primary N) is 1. The number of hydrogen-bond donors (Lipinski definition) is 1. The van der Waals surface area contributed by atoms with Crippen LogP contribution in [0.5, 0.6) is 0 Å². The number of rotatable bonds is 2. The number of imidazole rings is 1. The van der Waals surface area contributed by atoms with E-state index in [0.29, 0.717) is 11.1 Å². The molecular weight excluding hydrogens is 212 g/mol. The third kappa shape index (κ3) is 1.57. The van der Waals surface area contributed by atoms with Gasteiger partial charge in [0, 0.05) is 7.05 Å². The van der Waals surface area contributed by atoms with Crippen LogP contribution in [0.2, 0.25) is 0 Å². The summed E-state index contributed by atoms with van der Waals surface area (Å²) in [6.45, 7) is 1.32. The summed E-state index contributed by atoms with van der Waals surface area (Å²) in [6.07, 6.45) is -0.960. The molecule has 86 valence electrons. The number of aromatic nitrogens is 2. The molecule has 1 atom stereocenters. The summed E-state index contributed by atoms with van der Waals surface area (Å²) in [4.78, 5) is 4.11. The molecule has 5 heteroatoms. The third-order valence-corrected chi connectivity index (χ3v) is 2.80. The number of halogens is 2. The lowest BCUT2D eigenvalue weighted by Crippen LogP contribution is -2.40. The summed E-state index contributed by atoms with van der Waals surface area (Å²) >= 11 is 0. The first-order valence-corrected chi connectivity index (χ1v) is 4.91. The van der Waals surface area contributed by atoms with E-state index < -0.39 is 12.0 Å². The van der Waals surface area contributed by atoms with Gasteiger partial charge in [0.05, 0.1) is 22.9 Å². The molecule has 0 aliphatic rings. The Morgan fingerprint density at radius 1 is 1.44 bits per heavy atom. The van der Waals surface area contributed by atoms with Crippen molar-refractivity contribution in [3.05, 3.63) is 30.1 Å². The minimum absolute atomic E-state index is 0.397. The van der Waals surface area contributed by atoms with Crippen molar-refractivity contribution >= 4 is 11.0 Å². The molecule has 0 radical (unpaired) electrons. The molecule has 16 heavy (non-hydrogen) atoms. The molecule has 2 rings (SSSR count). The van der Waals surface area contributed by atoms with Gasteiger partial charge >= 0.3 is 0 Å². The molecule has 0 bridgehead atoms. The van der Waals surface area contributed by atoms with E-state index in [-0.39, 0.29) is 0 Å². The fourth-order valence-corrected chi connectivity index (χ4v) is 1.60. The third-order valence-electron chi connectivity index (χ3n) is 2.80. The SMILES string of the molecule is Cn1cnc2cc(C(C)(N)C(F)F)ccc21. The number of hydrogen-bond acceptors (Lipinski definition) is 2. The van der Waals surface area contributed by atoms with Crippen LogP contribution in [0.15, 0.2) is 24.5 Å². The van der Waals surface area contributed by atoms with Crippen LogP contribution < -0.4 is 5.73 Å². The van der Waals surface area contributed by atoms with Crippen molar-refractivity contribution in [2.45, 2.75) is 18.9 Å². The van der Waals surface area contributed by atoms with Crippen molar-refractivity contribution in [1.29, 1.82) is 0 Å². The molecular formula is C11H13F2N3. The van der Waals surface area contributed by atoms with Gasteiger partial charge in [0.25, 0.3) is 6.43 Å². The molecule has 3 nitrogen and oxygen atoms in total. The van der Waals surface area contributed by atoms with E-state index in [1.807, 2.05) is 11.6 Å². The smallest absolute Gasteiger partial charge is 0.260 e. The number of alkyl halides is 2. The number of fused-ring (bicyclic) bond motifs is 1. The Balaban J connectivity index is 2.55. The zero-order valence-electron chi connectivity index (χ0n) is 9.11. The normalized spacial score (nSPS) is 15.6. The molecule has 1 aromatic carbocycles. The Kier molecular flexibility index (Phi) is 2.42. The highest BCUT2D eigenvalue weighted by atomic mass is 19.3. The standard InChI is InChI=1S/C11H13F2N3/c1-11(14,10(12)13)7-3-4-9-8(5-7)15-6-16(9)2/h3-6,10H,14H2,1-2H3. The van der Waals surface area contributed by atoms with Gasteiger partial charge in [-0.25, -0.2) is 13.8 Å². The van der Waals surface area contributed by atoms with Crippen LogP contribution in [0.25, 0.3) is 11.0 Å². The molecule has 0 amide bonds. The lowest BCUT2D eigenvalue weighted by molar-refractivity contribution is 0.0626. The van der Waals surface area contributed by atoms with Crippen LogP contribution in [0.3, 0.4) is 0 Å². The van der Waals surface area contributed by atoms with Gasteiger partial charge < -0.3 is 10.3 Å². The highest BCUT2D eigenvalue weighted by molar-refractivity contribution is 5.76. The summed E-state index contributed by atoms with van der Waals surface area (Å²) in [5.41, 5.74) is 5.93. The van der Waals surface area contributed by atoms with Gasteiger partial charge in [-0.15, -0.1) is 0 Å². The molecule has 2 aromatic rings. The van der Waals surface area contributed by atoms with Crippen molar-refractivity contribution in [1.82, 2.24) is 9.55 Å². The highest BCUT2D eigenvalue weighted by Crippen LogP contribution is 2.27. The molecule has 2 N–H and O–H groups in total. The summed E-state index contributed by atoms with van der Waals surface area (Å²) in [5.74, 6) is 0. The molecule has 0 saturated carbocycles. The average molecular weight is 225 g/mol.